The summed E-state index contributed by atoms with van der Waals surface area (Å²) in [7, 11) is 1.54. The van der Waals surface area contributed by atoms with Crippen LogP contribution in [0.2, 0.25) is 5.02 Å². The lowest BCUT2D eigenvalue weighted by Gasteiger charge is -2.34. The number of thioether (sulfide) groups is 1. The molecule has 2 heterocycles. The Kier molecular flexibility index (Phi) is 4.78. The van der Waals surface area contributed by atoms with Gasteiger partial charge in [0.15, 0.2) is 0 Å². The van der Waals surface area contributed by atoms with Crippen molar-refractivity contribution in [3.8, 4) is 5.75 Å². The van der Waals surface area contributed by atoms with Gasteiger partial charge in [-0.05, 0) is 30.2 Å². The predicted octanol–water partition coefficient (Wildman–Crippen LogP) is 3.88. The van der Waals surface area contributed by atoms with Crippen LogP contribution < -0.4 is 10.1 Å². The van der Waals surface area contributed by atoms with E-state index in [2.05, 4.69) is 5.32 Å². The van der Waals surface area contributed by atoms with Crippen LogP contribution in [0.4, 0.5) is 5.69 Å². The number of anilines is 1. The summed E-state index contributed by atoms with van der Waals surface area (Å²) in [6.45, 7) is 0. The lowest BCUT2D eigenvalue weighted by Crippen LogP contribution is -2.48. The topological polar surface area (TPSA) is 58.6 Å². The maximum Gasteiger partial charge on any atom is 0.248 e. The molecule has 0 aliphatic carbocycles. The van der Waals surface area contributed by atoms with Gasteiger partial charge in [0.05, 0.1) is 12.8 Å². The van der Waals surface area contributed by atoms with Crippen LogP contribution in [-0.2, 0) is 14.5 Å². The van der Waals surface area contributed by atoms with Crippen molar-refractivity contribution >= 4 is 40.9 Å². The van der Waals surface area contributed by atoms with E-state index in [0.717, 1.165) is 5.56 Å². The SMILES string of the molecule is COc1ccc(Cl)cc1NC(=O)[C@@H]1CS[C@]2(c3ccccc3)CCC(=O)N12. The Labute approximate surface area is 167 Å². The zero-order chi connectivity index (χ0) is 19.0. The molecule has 1 N–H and O–H groups in total. The Hall–Kier alpha value is -2.18. The van der Waals surface area contributed by atoms with Crippen molar-refractivity contribution < 1.29 is 14.3 Å². The van der Waals surface area contributed by atoms with Crippen LogP contribution in [0.1, 0.15) is 18.4 Å². The third-order valence-corrected chi connectivity index (χ3v) is 6.91. The summed E-state index contributed by atoms with van der Waals surface area (Å²) in [6, 6.07) is 14.5. The molecule has 0 aromatic heterocycles. The standard InChI is InChI=1S/C20H19ClN2O3S/c1-26-17-8-7-14(21)11-15(17)22-19(25)16-12-27-20(10-9-18(24)23(16)20)13-5-3-2-4-6-13/h2-8,11,16H,9-10,12H2,1H3,(H,22,25)/t16-,20-/m0/s1. The zero-order valence-corrected chi connectivity index (χ0v) is 16.3. The second-order valence-corrected chi connectivity index (χ2v) is 8.31. The zero-order valence-electron chi connectivity index (χ0n) is 14.8. The number of methoxy groups -OCH3 is 1. The van der Waals surface area contributed by atoms with E-state index in [1.807, 2.05) is 30.3 Å². The molecular formula is C20H19ClN2O3S. The molecule has 2 atom stereocenters. The molecule has 0 radical (unpaired) electrons. The van der Waals surface area contributed by atoms with E-state index in [9.17, 15) is 9.59 Å². The van der Waals surface area contributed by atoms with Crippen LogP contribution in [0, 0.1) is 0 Å². The Bertz CT molecular complexity index is 892. The molecule has 2 amide bonds. The molecule has 140 valence electrons. The van der Waals surface area contributed by atoms with Crippen molar-refractivity contribution in [3.05, 3.63) is 59.1 Å². The van der Waals surface area contributed by atoms with E-state index in [-0.39, 0.29) is 11.8 Å². The highest BCUT2D eigenvalue weighted by Crippen LogP contribution is 2.54. The average molecular weight is 403 g/mol. The predicted molar refractivity (Wildman–Crippen MR) is 107 cm³/mol. The Morgan fingerprint density at radius 1 is 1.30 bits per heavy atom. The maximum absolute atomic E-state index is 13.0. The van der Waals surface area contributed by atoms with E-state index in [1.54, 1.807) is 34.9 Å². The number of carbonyl (C=O) groups excluding carboxylic acids is 2. The molecule has 2 aromatic carbocycles. The summed E-state index contributed by atoms with van der Waals surface area (Å²) in [4.78, 5) is 27.0. The minimum atomic E-state index is -0.533. The molecule has 27 heavy (non-hydrogen) atoms. The fourth-order valence-corrected chi connectivity index (χ4v) is 5.65. The Morgan fingerprint density at radius 2 is 2.07 bits per heavy atom. The molecular weight excluding hydrogens is 384 g/mol. The summed E-state index contributed by atoms with van der Waals surface area (Å²) in [6.07, 6.45) is 1.16. The molecule has 7 heteroatoms. The second kappa shape index (κ2) is 7.09. The molecule has 2 aromatic rings. The molecule has 2 saturated heterocycles. The highest BCUT2D eigenvalue weighted by atomic mass is 35.5. The average Bonchev–Trinajstić information content (AvgIpc) is 3.22. The van der Waals surface area contributed by atoms with Crippen LogP contribution in [0.5, 0.6) is 5.75 Å². The number of carbonyl (C=O) groups is 2. The number of hydrogen-bond acceptors (Lipinski definition) is 4. The number of amides is 2. The first-order valence-corrected chi connectivity index (χ1v) is 10.1. The van der Waals surface area contributed by atoms with Gasteiger partial charge >= 0.3 is 0 Å². The van der Waals surface area contributed by atoms with Crippen LogP contribution in [-0.4, -0.2) is 35.6 Å². The molecule has 0 spiro atoms. The third-order valence-electron chi connectivity index (χ3n) is 5.07. The molecule has 0 unspecified atom stereocenters. The van der Waals surface area contributed by atoms with E-state index >= 15 is 0 Å². The second-order valence-electron chi connectivity index (χ2n) is 6.57. The van der Waals surface area contributed by atoms with Crippen molar-refractivity contribution in [1.29, 1.82) is 0 Å². The number of hydrogen-bond donors (Lipinski definition) is 1. The van der Waals surface area contributed by atoms with Crippen LogP contribution in [0.25, 0.3) is 0 Å². The molecule has 0 bridgehead atoms. The van der Waals surface area contributed by atoms with E-state index in [0.29, 0.717) is 35.1 Å². The van der Waals surface area contributed by atoms with Gasteiger partial charge in [0.25, 0.3) is 0 Å². The van der Waals surface area contributed by atoms with Crippen molar-refractivity contribution in [2.24, 2.45) is 0 Å². The largest absolute Gasteiger partial charge is 0.495 e. The molecule has 5 nitrogen and oxygen atoms in total. The van der Waals surface area contributed by atoms with E-state index in [4.69, 9.17) is 16.3 Å². The number of nitrogens with zero attached hydrogens (tertiary/aromatic N) is 1. The van der Waals surface area contributed by atoms with Crippen molar-refractivity contribution in [2.75, 3.05) is 18.2 Å². The molecule has 4 rings (SSSR count). The summed E-state index contributed by atoms with van der Waals surface area (Å²) in [5.41, 5.74) is 1.57. The van der Waals surface area contributed by atoms with Crippen molar-refractivity contribution in [2.45, 2.75) is 23.8 Å². The lowest BCUT2D eigenvalue weighted by atomic mass is 10.0. The first kappa shape index (κ1) is 18.2. The van der Waals surface area contributed by atoms with Gasteiger partial charge in [-0.2, -0.15) is 0 Å². The fourth-order valence-electron chi connectivity index (χ4n) is 3.83. The van der Waals surface area contributed by atoms with E-state index < -0.39 is 10.9 Å². The minimum absolute atomic E-state index is 0.0158. The number of halogens is 1. The summed E-state index contributed by atoms with van der Waals surface area (Å²) in [5, 5.41) is 3.39. The quantitative estimate of drug-likeness (QED) is 0.843. The van der Waals surface area contributed by atoms with Gasteiger partial charge in [0, 0.05) is 17.2 Å². The molecule has 2 fully saturated rings. The van der Waals surface area contributed by atoms with Gasteiger partial charge in [-0.1, -0.05) is 41.9 Å². The highest BCUT2D eigenvalue weighted by molar-refractivity contribution is 8.00. The first-order valence-electron chi connectivity index (χ1n) is 8.71. The van der Waals surface area contributed by atoms with Crippen molar-refractivity contribution in [1.82, 2.24) is 4.90 Å². The minimum Gasteiger partial charge on any atom is -0.495 e. The third kappa shape index (κ3) is 3.07. The number of ether oxygens (including phenoxy) is 1. The number of fused-ring (bicyclic) bond motifs is 1. The summed E-state index contributed by atoms with van der Waals surface area (Å²) in [5.74, 6) is 0.869. The van der Waals surface area contributed by atoms with Gasteiger partial charge in [-0.3, -0.25) is 9.59 Å². The van der Waals surface area contributed by atoms with Crippen LogP contribution >= 0.6 is 23.4 Å². The van der Waals surface area contributed by atoms with Gasteiger partial charge in [-0.15, -0.1) is 11.8 Å². The van der Waals surface area contributed by atoms with Crippen LogP contribution in [0.3, 0.4) is 0 Å². The first-order chi connectivity index (χ1) is 13.0. The van der Waals surface area contributed by atoms with Gasteiger partial charge in [-0.25, -0.2) is 0 Å². The van der Waals surface area contributed by atoms with Crippen LogP contribution in [0.15, 0.2) is 48.5 Å². The Balaban J connectivity index is 1.63. The highest BCUT2D eigenvalue weighted by Gasteiger charge is 2.56. The molecule has 0 saturated carbocycles. The van der Waals surface area contributed by atoms with Gasteiger partial charge in [0.1, 0.15) is 16.7 Å². The smallest absolute Gasteiger partial charge is 0.248 e. The fraction of sp³-hybridized carbons (Fsp3) is 0.300. The number of benzene rings is 2. The summed E-state index contributed by atoms with van der Waals surface area (Å²) >= 11 is 7.72. The molecule has 2 aliphatic heterocycles. The van der Waals surface area contributed by atoms with Crippen molar-refractivity contribution in [3.63, 3.8) is 0 Å². The van der Waals surface area contributed by atoms with Gasteiger partial charge in [0.2, 0.25) is 11.8 Å². The maximum atomic E-state index is 13.0. The van der Waals surface area contributed by atoms with E-state index in [1.165, 1.54) is 7.11 Å². The number of nitrogens with one attached hydrogen (secondary N) is 1. The van der Waals surface area contributed by atoms with Gasteiger partial charge < -0.3 is 15.0 Å². The Morgan fingerprint density at radius 3 is 2.81 bits per heavy atom. The number of rotatable bonds is 4. The summed E-state index contributed by atoms with van der Waals surface area (Å²) < 4.78 is 5.30. The monoisotopic (exact) mass is 402 g/mol. The molecule has 2 aliphatic rings. The lowest BCUT2D eigenvalue weighted by molar-refractivity contribution is -0.136. The normalized spacial score (nSPS) is 24.0.